The number of barbiturate groups is 1. The van der Waals surface area contributed by atoms with Crippen LogP contribution in [0.15, 0.2) is 81.2 Å². The molecule has 4 rings (SSSR count). The summed E-state index contributed by atoms with van der Waals surface area (Å²) in [6, 6.07) is 15.9. The fourth-order valence-corrected chi connectivity index (χ4v) is 4.91. The van der Waals surface area contributed by atoms with E-state index in [1.54, 1.807) is 36.4 Å². The SMILES string of the molecule is O=C(COc1c(Br)cc(/C=C2/C(=O)NC(=O)N(c3cccc([N+](=O)[O-])c3)C2=O)cc1Br)Nc1ccccc1. The molecule has 0 saturated carbocycles. The van der Waals surface area contributed by atoms with Gasteiger partial charge in [0.1, 0.15) is 11.3 Å². The van der Waals surface area contributed by atoms with Crippen molar-refractivity contribution in [3.05, 3.63) is 96.9 Å². The Balaban J connectivity index is 1.55. The van der Waals surface area contributed by atoms with Gasteiger partial charge in [0.05, 0.1) is 19.6 Å². The molecule has 1 saturated heterocycles. The number of imide groups is 2. The van der Waals surface area contributed by atoms with Crippen molar-refractivity contribution in [3.8, 4) is 5.75 Å². The number of benzene rings is 3. The molecule has 3 aromatic carbocycles. The van der Waals surface area contributed by atoms with Gasteiger partial charge in [-0.25, -0.2) is 9.69 Å². The van der Waals surface area contributed by atoms with Crippen LogP contribution in [-0.4, -0.2) is 35.3 Å². The lowest BCUT2D eigenvalue weighted by Gasteiger charge is -2.26. The van der Waals surface area contributed by atoms with E-state index in [1.165, 1.54) is 24.3 Å². The summed E-state index contributed by atoms with van der Waals surface area (Å²) in [6.45, 7) is -0.284. The molecular weight excluding hydrogens is 628 g/mol. The van der Waals surface area contributed by atoms with Crippen molar-refractivity contribution in [2.75, 3.05) is 16.8 Å². The first-order chi connectivity index (χ1) is 18.1. The number of nitrogens with zero attached hydrogens (tertiary/aromatic N) is 2. The molecule has 0 aromatic heterocycles. The Bertz CT molecular complexity index is 1490. The van der Waals surface area contributed by atoms with Gasteiger partial charge in [-0.3, -0.25) is 29.8 Å². The van der Waals surface area contributed by atoms with E-state index in [0.29, 0.717) is 30.8 Å². The highest BCUT2D eigenvalue weighted by atomic mass is 79.9. The molecule has 0 atom stereocenters. The number of hydrogen-bond acceptors (Lipinski definition) is 7. The molecule has 11 nitrogen and oxygen atoms in total. The number of nitro groups is 1. The van der Waals surface area contributed by atoms with E-state index in [0.717, 1.165) is 6.07 Å². The van der Waals surface area contributed by atoms with Gasteiger partial charge in [-0.15, -0.1) is 0 Å². The summed E-state index contributed by atoms with van der Waals surface area (Å²) < 4.78 is 6.46. The molecule has 1 fully saturated rings. The summed E-state index contributed by atoms with van der Waals surface area (Å²) in [5.41, 5.74) is 0.239. The zero-order chi connectivity index (χ0) is 27.4. The molecule has 3 aromatic rings. The normalized spacial score (nSPS) is 14.3. The minimum absolute atomic E-state index is 0.0695. The van der Waals surface area contributed by atoms with Crippen LogP contribution in [0.1, 0.15) is 5.56 Å². The number of non-ortho nitro benzene ring substituents is 1. The van der Waals surface area contributed by atoms with E-state index < -0.39 is 22.8 Å². The maximum atomic E-state index is 13.1. The van der Waals surface area contributed by atoms with E-state index in [4.69, 9.17) is 4.74 Å². The number of hydrogen-bond donors (Lipinski definition) is 2. The van der Waals surface area contributed by atoms with E-state index in [9.17, 15) is 29.3 Å². The van der Waals surface area contributed by atoms with Crippen LogP contribution in [0.25, 0.3) is 6.08 Å². The van der Waals surface area contributed by atoms with E-state index in [-0.39, 0.29) is 29.5 Å². The minimum Gasteiger partial charge on any atom is -0.481 e. The van der Waals surface area contributed by atoms with Gasteiger partial charge in [0.15, 0.2) is 6.61 Å². The molecule has 0 radical (unpaired) electrons. The Morgan fingerprint density at radius 1 is 1.03 bits per heavy atom. The van der Waals surface area contributed by atoms with Crippen molar-refractivity contribution in [1.82, 2.24) is 5.32 Å². The fraction of sp³-hybridized carbons (Fsp3) is 0.0400. The molecule has 0 aliphatic carbocycles. The van der Waals surface area contributed by atoms with Gasteiger partial charge in [-0.05, 0) is 73.8 Å². The van der Waals surface area contributed by atoms with Gasteiger partial charge in [0.25, 0.3) is 23.4 Å². The maximum Gasteiger partial charge on any atom is 0.335 e. The summed E-state index contributed by atoms with van der Waals surface area (Å²) in [5.74, 6) is -1.95. The van der Waals surface area contributed by atoms with Gasteiger partial charge in [-0.2, -0.15) is 0 Å². The van der Waals surface area contributed by atoms with Crippen molar-refractivity contribution in [1.29, 1.82) is 0 Å². The van der Waals surface area contributed by atoms with E-state index in [1.807, 2.05) is 6.07 Å². The summed E-state index contributed by atoms with van der Waals surface area (Å²) in [6.07, 6.45) is 1.26. The zero-order valence-corrected chi connectivity index (χ0v) is 22.3. The Labute approximate surface area is 231 Å². The number of para-hydroxylation sites is 1. The zero-order valence-electron chi connectivity index (χ0n) is 19.1. The Morgan fingerprint density at radius 2 is 1.71 bits per heavy atom. The third-order valence-corrected chi connectivity index (χ3v) is 6.32. The topological polar surface area (TPSA) is 148 Å². The first-order valence-electron chi connectivity index (χ1n) is 10.8. The lowest BCUT2D eigenvalue weighted by atomic mass is 10.1. The van der Waals surface area contributed by atoms with Crippen LogP contribution in [0.2, 0.25) is 0 Å². The van der Waals surface area contributed by atoms with Crippen molar-refractivity contribution in [2.45, 2.75) is 0 Å². The van der Waals surface area contributed by atoms with Crippen LogP contribution in [-0.2, 0) is 14.4 Å². The number of amides is 5. The average molecular weight is 644 g/mol. The standard InChI is InChI=1S/C25H16Br2N4O7/c26-19-10-14(11-20(27)22(19)38-13-21(32)28-15-5-2-1-3-6-15)9-18-23(33)29-25(35)30(24(18)34)16-7-4-8-17(12-16)31(36)37/h1-12H,13H2,(H,28,32)(H,29,33,35)/b18-9-. The van der Waals surface area contributed by atoms with Crippen molar-refractivity contribution in [2.24, 2.45) is 0 Å². The van der Waals surface area contributed by atoms with Gasteiger partial charge in [0, 0.05) is 17.8 Å². The van der Waals surface area contributed by atoms with Crippen LogP contribution in [0.3, 0.4) is 0 Å². The molecular formula is C25H16Br2N4O7. The molecule has 1 heterocycles. The number of halogens is 2. The second-order valence-electron chi connectivity index (χ2n) is 7.75. The number of nitrogens with one attached hydrogen (secondary N) is 2. The predicted octanol–water partition coefficient (Wildman–Crippen LogP) is 4.80. The molecule has 1 aliphatic heterocycles. The second kappa shape index (κ2) is 11.4. The molecule has 0 bridgehead atoms. The maximum absolute atomic E-state index is 13.1. The number of carbonyl (C=O) groups excluding carboxylic acids is 4. The molecule has 38 heavy (non-hydrogen) atoms. The van der Waals surface area contributed by atoms with Gasteiger partial charge in [0.2, 0.25) is 0 Å². The molecule has 1 aliphatic rings. The van der Waals surface area contributed by atoms with E-state index in [2.05, 4.69) is 42.5 Å². The summed E-state index contributed by atoms with van der Waals surface area (Å²) in [4.78, 5) is 61.3. The van der Waals surface area contributed by atoms with Crippen LogP contribution in [0.5, 0.6) is 5.75 Å². The Morgan fingerprint density at radius 3 is 2.37 bits per heavy atom. The van der Waals surface area contributed by atoms with E-state index >= 15 is 0 Å². The van der Waals surface area contributed by atoms with Crippen LogP contribution >= 0.6 is 31.9 Å². The fourth-order valence-electron chi connectivity index (χ4n) is 3.46. The third-order valence-electron chi connectivity index (χ3n) is 5.14. The quantitative estimate of drug-likeness (QED) is 0.163. The van der Waals surface area contributed by atoms with Crippen molar-refractivity contribution < 1.29 is 28.8 Å². The average Bonchev–Trinajstić information content (AvgIpc) is 2.86. The summed E-state index contributed by atoms with van der Waals surface area (Å²) in [5, 5.41) is 15.9. The Hall–Kier alpha value is -4.36. The molecule has 5 amide bonds. The number of rotatable bonds is 7. The lowest BCUT2D eigenvalue weighted by Crippen LogP contribution is -2.54. The van der Waals surface area contributed by atoms with Gasteiger partial charge >= 0.3 is 6.03 Å². The van der Waals surface area contributed by atoms with Crippen LogP contribution < -0.4 is 20.3 Å². The van der Waals surface area contributed by atoms with Crippen LogP contribution in [0.4, 0.5) is 21.9 Å². The number of carbonyl (C=O) groups is 4. The molecule has 0 spiro atoms. The van der Waals surface area contributed by atoms with Crippen molar-refractivity contribution >= 4 is 78.8 Å². The molecule has 2 N–H and O–H groups in total. The second-order valence-corrected chi connectivity index (χ2v) is 9.46. The van der Waals surface area contributed by atoms with Gasteiger partial charge in [-0.1, -0.05) is 24.3 Å². The summed E-state index contributed by atoms with van der Waals surface area (Å²) in [7, 11) is 0. The Kier molecular flexibility index (Phi) is 7.98. The number of anilines is 2. The summed E-state index contributed by atoms with van der Waals surface area (Å²) >= 11 is 6.72. The van der Waals surface area contributed by atoms with Crippen molar-refractivity contribution in [3.63, 3.8) is 0 Å². The first kappa shape index (κ1) is 26.7. The lowest BCUT2D eigenvalue weighted by molar-refractivity contribution is -0.384. The van der Waals surface area contributed by atoms with Crippen LogP contribution in [0, 0.1) is 10.1 Å². The highest BCUT2D eigenvalue weighted by Gasteiger charge is 2.37. The van der Waals surface area contributed by atoms with Gasteiger partial charge < -0.3 is 10.1 Å². The highest BCUT2D eigenvalue weighted by Crippen LogP contribution is 2.36. The largest absolute Gasteiger partial charge is 0.481 e. The first-order valence-corrected chi connectivity index (χ1v) is 12.4. The minimum atomic E-state index is -1.03. The smallest absolute Gasteiger partial charge is 0.335 e. The molecule has 0 unspecified atom stereocenters. The molecule has 192 valence electrons. The number of nitro benzene ring substituents is 1. The number of urea groups is 1. The highest BCUT2D eigenvalue weighted by molar-refractivity contribution is 9.11. The predicted molar refractivity (Wildman–Crippen MR) is 145 cm³/mol. The number of ether oxygens (including phenoxy) is 1. The molecule has 13 heteroatoms. The monoisotopic (exact) mass is 642 g/mol. The third kappa shape index (κ3) is 5.95.